The maximum absolute atomic E-state index is 12.4. The number of hydrogen-bond acceptors (Lipinski definition) is 4. The van der Waals surface area contributed by atoms with Crippen LogP contribution < -0.4 is 10.2 Å². The van der Waals surface area contributed by atoms with Gasteiger partial charge in [0.1, 0.15) is 5.82 Å². The Morgan fingerprint density at radius 3 is 2.68 bits per heavy atom. The van der Waals surface area contributed by atoms with Gasteiger partial charge in [-0.1, -0.05) is 11.6 Å². The van der Waals surface area contributed by atoms with Crippen LogP contribution in [0.5, 0.6) is 0 Å². The maximum atomic E-state index is 12.4. The molecule has 0 fully saturated rings. The summed E-state index contributed by atoms with van der Waals surface area (Å²) in [6.07, 6.45) is 0.485. The molecule has 2 aromatic heterocycles. The molecule has 10 heteroatoms. The number of fused-ring (bicyclic) bond motifs is 1. The van der Waals surface area contributed by atoms with Crippen LogP contribution in [0.25, 0.3) is 0 Å². The fourth-order valence-corrected chi connectivity index (χ4v) is 2.74. The summed E-state index contributed by atoms with van der Waals surface area (Å²) in [4.78, 5) is 24.6. The Labute approximate surface area is 146 Å². The van der Waals surface area contributed by atoms with Crippen molar-refractivity contribution in [3.63, 3.8) is 0 Å². The van der Waals surface area contributed by atoms with Crippen LogP contribution in [0.4, 0.5) is 23.8 Å². The highest BCUT2D eigenvalue weighted by Gasteiger charge is 2.34. The predicted octanol–water partition coefficient (Wildman–Crippen LogP) is 3.21. The van der Waals surface area contributed by atoms with Gasteiger partial charge in [0, 0.05) is 47.8 Å². The molecule has 0 aliphatic carbocycles. The molecule has 132 valence electrons. The van der Waals surface area contributed by atoms with Crippen LogP contribution in [-0.4, -0.2) is 27.5 Å². The Balaban J connectivity index is 1.67. The van der Waals surface area contributed by atoms with Crippen molar-refractivity contribution in [2.75, 3.05) is 11.4 Å². The van der Waals surface area contributed by atoms with Crippen molar-refractivity contribution in [2.45, 2.75) is 25.6 Å². The number of urea groups is 1. The van der Waals surface area contributed by atoms with Crippen molar-refractivity contribution in [1.29, 1.82) is 0 Å². The van der Waals surface area contributed by atoms with E-state index in [-0.39, 0.29) is 6.54 Å². The minimum atomic E-state index is -4.59. The van der Waals surface area contributed by atoms with Gasteiger partial charge in [0.2, 0.25) is 5.82 Å². The molecule has 1 aliphatic heterocycles. The highest BCUT2D eigenvalue weighted by molar-refractivity contribution is 6.31. The molecule has 3 rings (SSSR count). The van der Waals surface area contributed by atoms with E-state index in [1.54, 1.807) is 6.07 Å². The molecule has 0 bridgehead atoms. The van der Waals surface area contributed by atoms with Gasteiger partial charge in [0.25, 0.3) is 0 Å². The van der Waals surface area contributed by atoms with Gasteiger partial charge in [0.05, 0.1) is 0 Å². The molecule has 0 saturated carbocycles. The number of alkyl halides is 3. The topological polar surface area (TPSA) is 71.0 Å². The number of hydrogen-bond donors (Lipinski definition) is 1. The lowest BCUT2D eigenvalue weighted by molar-refractivity contribution is -0.145. The standard InChI is InChI=1S/C15H13ClF3N5O/c16-11-3-4-20-12-10(11)2-1-5-24(12)14(25)23-8-9-6-21-13(22-7-9)15(17,18)19/h3-4,6-7H,1-2,5,8H2,(H,23,25). The van der Waals surface area contributed by atoms with Crippen LogP contribution in [0.3, 0.4) is 0 Å². The number of aromatic nitrogens is 3. The van der Waals surface area contributed by atoms with E-state index in [2.05, 4.69) is 20.3 Å². The van der Waals surface area contributed by atoms with Gasteiger partial charge in [-0.15, -0.1) is 0 Å². The van der Waals surface area contributed by atoms with Crippen molar-refractivity contribution in [3.8, 4) is 0 Å². The molecule has 0 radical (unpaired) electrons. The van der Waals surface area contributed by atoms with Crippen molar-refractivity contribution in [3.05, 3.63) is 46.6 Å². The Bertz CT molecular complexity index is 782. The minimum absolute atomic E-state index is 0.00334. The quantitative estimate of drug-likeness (QED) is 0.880. The van der Waals surface area contributed by atoms with Crippen molar-refractivity contribution in [1.82, 2.24) is 20.3 Å². The van der Waals surface area contributed by atoms with Gasteiger partial charge in [-0.2, -0.15) is 13.2 Å². The van der Waals surface area contributed by atoms with Crippen molar-refractivity contribution < 1.29 is 18.0 Å². The molecule has 0 atom stereocenters. The zero-order chi connectivity index (χ0) is 18.0. The zero-order valence-corrected chi connectivity index (χ0v) is 13.6. The summed E-state index contributed by atoms with van der Waals surface area (Å²) in [5.41, 5.74) is 1.17. The maximum Gasteiger partial charge on any atom is 0.451 e. The van der Waals surface area contributed by atoms with E-state index in [1.165, 1.54) is 11.1 Å². The van der Waals surface area contributed by atoms with E-state index in [9.17, 15) is 18.0 Å². The summed E-state index contributed by atoms with van der Waals surface area (Å²) >= 11 is 6.13. The second-order valence-electron chi connectivity index (χ2n) is 5.42. The Hall–Kier alpha value is -2.42. The van der Waals surface area contributed by atoms with Gasteiger partial charge in [-0.05, 0) is 18.9 Å². The first-order valence-corrected chi connectivity index (χ1v) is 7.81. The first kappa shape index (κ1) is 17.4. The second kappa shape index (κ2) is 6.83. The number of halogens is 4. The molecule has 0 unspecified atom stereocenters. The van der Waals surface area contributed by atoms with Crippen LogP contribution in [-0.2, 0) is 19.1 Å². The number of pyridine rings is 1. The third-order valence-corrected chi connectivity index (χ3v) is 4.04. The molecule has 0 spiro atoms. The lowest BCUT2D eigenvalue weighted by atomic mass is 10.1. The zero-order valence-electron chi connectivity index (χ0n) is 12.8. The van der Waals surface area contributed by atoms with E-state index < -0.39 is 18.0 Å². The third kappa shape index (κ3) is 3.81. The lowest BCUT2D eigenvalue weighted by Crippen LogP contribution is -2.43. The van der Waals surface area contributed by atoms with Crippen molar-refractivity contribution >= 4 is 23.4 Å². The first-order chi connectivity index (χ1) is 11.9. The summed E-state index contributed by atoms with van der Waals surface area (Å²) in [6, 6.07) is 1.26. The van der Waals surface area contributed by atoms with E-state index in [0.717, 1.165) is 30.8 Å². The highest BCUT2D eigenvalue weighted by Crippen LogP contribution is 2.30. The summed E-state index contributed by atoms with van der Waals surface area (Å²) in [5, 5.41) is 3.18. The molecule has 25 heavy (non-hydrogen) atoms. The van der Waals surface area contributed by atoms with Crippen LogP contribution in [0, 0.1) is 0 Å². The van der Waals surface area contributed by atoms with E-state index in [0.29, 0.717) is 22.9 Å². The van der Waals surface area contributed by atoms with E-state index in [4.69, 9.17) is 11.6 Å². The van der Waals surface area contributed by atoms with Gasteiger partial charge < -0.3 is 5.32 Å². The summed E-state index contributed by atoms with van der Waals surface area (Å²) in [7, 11) is 0. The molecule has 2 amide bonds. The summed E-state index contributed by atoms with van der Waals surface area (Å²) in [5.74, 6) is -0.716. The predicted molar refractivity (Wildman–Crippen MR) is 84.2 cm³/mol. The average Bonchev–Trinajstić information content (AvgIpc) is 2.59. The normalized spacial score (nSPS) is 14.2. The fourth-order valence-electron chi connectivity index (χ4n) is 2.51. The average molecular weight is 372 g/mol. The number of carbonyl (C=O) groups excluding carboxylic acids is 1. The molecule has 2 aromatic rings. The molecular formula is C15H13ClF3N5O. The van der Waals surface area contributed by atoms with Gasteiger partial charge >= 0.3 is 12.2 Å². The Kier molecular flexibility index (Phi) is 4.76. The fraction of sp³-hybridized carbons (Fsp3) is 0.333. The van der Waals surface area contributed by atoms with Gasteiger partial charge in [0.15, 0.2) is 0 Å². The van der Waals surface area contributed by atoms with Crippen LogP contribution in [0.2, 0.25) is 5.02 Å². The SMILES string of the molecule is O=C(NCc1cnc(C(F)(F)F)nc1)N1CCCc2c(Cl)ccnc21. The molecule has 6 nitrogen and oxygen atoms in total. The highest BCUT2D eigenvalue weighted by atomic mass is 35.5. The summed E-state index contributed by atoms with van der Waals surface area (Å²) in [6.45, 7) is 0.485. The van der Waals surface area contributed by atoms with Crippen LogP contribution in [0.15, 0.2) is 24.7 Å². The van der Waals surface area contributed by atoms with Gasteiger partial charge in [-0.3, -0.25) is 4.90 Å². The number of nitrogens with zero attached hydrogens (tertiary/aromatic N) is 4. The second-order valence-corrected chi connectivity index (χ2v) is 5.83. The summed E-state index contributed by atoms with van der Waals surface area (Å²) < 4.78 is 37.3. The largest absolute Gasteiger partial charge is 0.451 e. The monoisotopic (exact) mass is 371 g/mol. The molecule has 3 heterocycles. The molecule has 1 aliphatic rings. The molecular weight excluding hydrogens is 359 g/mol. The van der Waals surface area contributed by atoms with Crippen molar-refractivity contribution in [2.24, 2.45) is 0 Å². The molecule has 0 aromatic carbocycles. The van der Waals surface area contributed by atoms with Crippen LogP contribution in [0.1, 0.15) is 23.4 Å². The minimum Gasteiger partial charge on any atom is -0.333 e. The van der Waals surface area contributed by atoms with Crippen LogP contribution >= 0.6 is 11.6 Å². The number of anilines is 1. The third-order valence-electron chi connectivity index (χ3n) is 3.69. The lowest BCUT2D eigenvalue weighted by Gasteiger charge is -2.28. The number of carbonyl (C=O) groups is 1. The Morgan fingerprint density at radius 2 is 2.00 bits per heavy atom. The smallest absolute Gasteiger partial charge is 0.333 e. The number of amides is 2. The number of rotatable bonds is 2. The van der Waals surface area contributed by atoms with Gasteiger partial charge in [-0.25, -0.2) is 19.7 Å². The first-order valence-electron chi connectivity index (χ1n) is 7.43. The van der Waals surface area contributed by atoms with E-state index >= 15 is 0 Å². The Morgan fingerprint density at radius 1 is 1.28 bits per heavy atom. The van der Waals surface area contributed by atoms with E-state index in [1.807, 2.05) is 0 Å². The molecule has 1 N–H and O–H groups in total. The molecule has 0 saturated heterocycles. The number of nitrogens with one attached hydrogen (secondary N) is 1.